The molecule has 1 aromatic heterocycles. The number of benzene rings is 1. The Morgan fingerprint density at radius 2 is 2.11 bits per heavy atom. The molecular formula is C14H18ClN3O. The summed E-state index contributed by atoms with van der Waals surface area (Å²) < 4.78 is 5.34. The second-order valence-corrected chi connectivity index (χ2v) is 4.66. The lowest BCUT2D eigenvalue weighted by Crippen LogP contribution is -2.12. The molecule has 0 aliphatic carbocycles. The molecule has 0 amide bonds. The number of hydrogen-bond donors (Lipinski definition) is 1. The van der Waals surface area contributed by atoms with Crippen molar-refractivity contribution < 1.29 is 4.52 Å². The molecular weight excluding hydrogens is 262 g/mol. The standard InChI is InChI=1S/C14H17N3O.ClH/c1-2-10-5-7-11(8-6-10)13-16-14(18-17-13)12-4-3-9-15-12;/h5-8,12,15H,2-4,9H2,1H3;1H. The highest BCUT2D eigenvalue weighted by Crippen LogP contribution is 2.24. The fraction of sp³-hybridized carbons (Fsp3) is 0.429. The minimum Gasteiger partial charge on any atom is -0.337 e. The molecule has 1 aromatic carbocycles. The second-order valence-electron chi connectivity index (χ2n) is 4.66. The van der Waals surface area contributed by atoms with Crippen LogP contribution in [-0.2, 0) is 6.42 Å². The third kappa shape index (κ3) is 2.96. The zero-order valence-electron chi connectivity index (χ0n) is 10.9. The Bertz CT molecular complexity index is 518. The third-order valence-electron chi connectivity index (χ3n) is 3.42. The van der Waals surface area contributed by atoms with Crippen LogP contribution in [-0.4, -0.2) is 16.7 Å². The van der Waals surface area contributed by atoms with Crippen LogP contribution in [0.25, 0.3) is 11.4 Å². The van der Waals surface area contributed by atoms with Gasteiger partial charge >= 0.3 is 0 Å². The zero-order valence-corrected chi connectivity index (χ0v) is 11.7. The number of rotatable bonds is 3. The van der Waals surface area contributed by atoms with Gasteiger partial charge in [0.2, 0.25) is 11.7 Å². The molecule has 0 bridgehead atoms. The van der Waals surface area contributed by atoms with Gasteiger partial charge in [-0.25, -0.2) is 0 Å². The SMILES string of the molecule is CCc1ccc(-c2noc(C3CCCN3)n2)cc1.Cl. The first-order valence-corrected chi connectivity index (χ1v) is 6.53. The van der Waals surface area contributed by atoms with Crippen molar-refractivity contribution in [3.63, 3.8) is 0 Å². The largest absolute Gasteiger partial charge is 0.337 e. The van der Waals surface area contributed by atoms with Crippen LogP contribution in [0.2, 0.25) is 0 Å². The molecule has 4 nitrogen and oxygen atoms in total. The van der Waals surface area contributed by atoms with Crippen LogP contribution in [0.3, 0.4) is 0 Å². The van der Waals surface area contributed by atoms with Crippen molar-refractivity contribution in [2.24, 2.45) is 0 Å². The van der Waals surface area contributed by atoms with Crippen LogP contribution in [0.1, 0.15) is 37.3 Å². The Hall–Kier alpha value is -1.39. The molecule has 3 rings (SSSR count). The third-order valence-corrected chi connectivity index (χ3v) is 3.42. The predicted octanol–water partition coefficient (Wildman–Crippen LogP) is 3.15. The highest BCUT2D eigenvalue weighted by atomic mass is 35.5. The summed E-state index contributed by atoms with van der Waals surface area (Å²) in [5, 5.41) is 7.42. The minimum absolute atomic E-state index is 0. The molecule has 2 heterocycles. The van der Waals surface area contributed by atoms with E-state index >= 15 is 0 Å². The summed E-state index contributed by atoms with van der Waals surface area (Å²) in [6.07, 6.45) is 3.30. The molecule has 0 spiro atoms. The van der Waals surface area contributed by atoms with Crippen LogP contribution in [0.15, 0.2) is 28.8 Å². The zero-order chi connectivity index (χ0) is 12.4. The van der Waals surface area contributed by atoms with Crippen molar-refractivity contribution in [1.82, 2.24) is 15.5 Å². The number of nitrogens with one attached hydrogen (secondary N) is 1. The molecule has 1 saturated heterocycles. The van der Waals surface area contributed by atoms with Crippen LogP contribution in [0.4, 0.5) is 0 Å². The van der Waals surface area contributed by atoms with E-state index in [4.69, 9.17) is 4.52 Å². The van der Waals surface area contributed by atoms with E-state index in [1.165, 1.54) is 12.0 Å². The van der Waals surface area contributed by atoms with E-state index in [2.05, 4.69) is 46.6 Å². The Morgan fingerprint density at radius 3 is 2.74 bits per heavy atom. The summed E-state index contributed by atoms with van der Waals surface area (Å²) in [6.45, 7) is 3.18. The van der Waals surface area contributed by atoms with Gasteiger partial charge in [-0.05, 0) is 31.4 Å². The minimum atomic E-state index is 0. The van der Waals surface area contributed by atoms with E-state index in [0.29, 0.717) is 11.7 Å². The smallest absolute Gasteiger partial charge is 0.244 e. The van der Waals surface area contributed by atoms with E-state index < -0.39 is 0 Å². The van der Waals surface area contributed by atoms with E-state index in [1.807, 2.05) is 0 Å². The topological polar surface area (TPSA) is 51.0 Å². The first-order valence-electron chi connectivity index (χ1n) is 6.53. The number of hydrogen-bond acceptors (Lipinski definition) is 4. The van der Waals surface area contributed by atoms with E-state index in [1.54, 1.807) is 0 Å². The highest BCUT2D eigenvalue weighted by molar-refractivity contribution is 5.85. The molecule has 19 heavy (non-hydrogen) atoms. The van der Waals surface area contributed by atoms with Crippen LogP contribution < -0.4 is 5.32 Å². The molecule has 1 unspecified atom stereocenters. The quantitative estimate of drug-likeness (QED) is 0.938. The number of halogens is 1. The molecule has 2 aromatic rings. The maximum absolute atomic E-state index is 5.34. The molecule has 102 valence electrons. The van der Waals surface area contributed by atoms with Crippen molar-refractivity contribution in [1.29, 1.82) is 0 Å². The van der Waals surface area contributed by atoms with Gasteiger partial charge in [-0.3, -0.25) is 0 Å². The van der Waals surface area contributed by atoms with Crippen molar-refractivity contribution in [3.8, 4) is 11.4 Å². The summed E-state index contributed by atoms with van der Waals surface area (Å²) in [7, 11) is 0. The van der Waals surface area contributed by atoms with Gasteiger partial charge in [0.25, 0.3) is 0 Å². The average molecular weight is 280 g/mol. The van der Waals surface area contributed by atoms with Gasteiger partial charge < -0.3 is 9.84 Å². The fourth-order valence-electron chi connectivity index (χ4n) is 2.28. The maximum atomic E-state index is 5.34. The summed E-state index contributed by atoms with van der Waals surface area (Å²) in [4.78, 5) is 4.48. The molecule has 1 atom stereocenters. The number of aryl methyl sites for hydroxylation is 1. The first kappa shape index (κ1) is 14.0. The van der Waals surface area contributed by atoms with Crippen molar-refractivity contribution in [2.75, 3.05) is 6.54 Å². The Balaban J connectivity index is 0.00000133. The lowest BCUT2D eigenvalue weighted by atomic mass is 10.1. The summed E-state index contributed by atoms with van der Waals surface area (Å²) in [5.41, 5.74) is 2.33. The van der Waals surface area contributed by atoms with Gasteiger partial charge in [0, 0.05) is 5.56 Å². The van der Waals surface area contributed by atoms with Crippen LogP contribution in [0.5, 0.6) is 0 Å². The normalized spacial score (nSPS) is 18.3. The van der Waals surface area contributed by atoms with Gasteiger partial charge in [-0.2, -0.15) is 4.98 Å². The van der Waals surface area contributed by atoms with Crippen molar-refractivity contribution >= 4 is 12.4 Å². The molecule has 1 fully saturated rings. The molecule has 0 radical (unpaired) electrons. The van der Waals surface area contributed by atoms with Crippen LogP contribution >= 0.6 is 12.4 Å². The summed E-state index contributed by atoms with van der Waals surface area (Å²) in [6, 6.07) is 8.56. The molecule has 1 aliphatic heterocycles. The Morgan fingerprint density at radius 1 is 1.32 bits per heavy atom. The van der Waals surface area contributed by atoms with Crippen LogP contribution in [0, 0.1) is 0 Å². The Labute approximate surface area is 119 Å². The lowest BCUT2D eigenvalue weighted by Gasteiger charge is -2.01. The summed E-state index contributed by atoms with van der Waals surface area (Å²) in [5.74, 6) is 1.39. The van der Waals surface area contributed by atoms with Gasteiger partial charge in [-0.15, -0.1) is 12.4 Å². The monoisotopic (exact) mass is 279 g/mol. The van der Waals surface area contributed by atoms with Gasteiger partial charge in [0.1, 0.15) is 0 Å². The predicted molar refractivity (Wildman–Crippen MR) is 76.3 cm³/mol. The molecule has 5 heteroatoms. The van der Waals surface area contributed by atoms with Gasteiger partial charge in [0.05, 0.1) is 6.04 Å². The van der Waals surface area contributed by atoms with E-state index in [0.717, 1.165) is 24.9 Å². The maximum Gasteiger partial charge on any atom is 0.244 e. The number of nitrogens with zero attached hydrogens (tertiary/aromatic N) is 2. The summed E-state index contributed by atoms with van der Waals surface area (Å²) >= 11 is 0. The average Bonchev–Trinajstić information content (AvgIpc) is 3.09. The van der Waals surface area contributed by atoms with Crippen molar-refractivity contribution in [2.45, 2.75) is 32.2 Å². The fourth-order valence-corrected chi connectivity index (χ4v) is 2.28. The molecule has 0 saturated carbocycles. The van der Waals surface area contributed by atoms with E-state index in [-0.39, 0.29) is 18.4 Å². The van der Waals surface area contributed by atoms with E-state index in [9.17, 15) is 0 Å². The lowest BCUT2D eigenvalue weighted by molar-refractivity contribution is 0.345. The highest BCUT2D eigenvalue weighted by Gasteiger charge is 2.22. The number of aromatic nitrogens is 2. The van der Waals surface area contributed by atoms with Crippen molar-refractivity contribution in [3.05, 3.63) is 35.7 Å². The van der Waals surface area contributed by atoms with Gasteiger partial charge in [-0.1, -0.05) is 36.3 Å². The molecule has 1 aliphatic rings. The second kappa shape index (κ2) is 6.17. The van der Waals surface area contributed by atoms with Gasteiger partial charge in [0.15, 0.2) is 0 Å². The molecule has 1 N–H and O–H groups in total. The Kier molecular flexibility index (Phi) is 4.56. The first-order chi connectivity index (χ1) is 8.86.